The molecule has 3 rings (SSSR count). The van der Waals surface area contributed by atoms with Gasteiger partial charge in [-0.15, -0.1) is 0 Å². The maximum atomic E-state index is 12.5. The number of rotatable bonds is 5. The first kappa shape index (κ1) is 16.6. The number of benzene rings is 1. The van der Waals surface area contributed by atoms with Crippen LogP contribution in [-0.2, 0) is 6.54 Å². The minimum absolute atomic E-state index is 0.260. The Labute approximate surface area is 146 Å². The first-order chi connectivity index (χ1) is 12.1. The van der Waals surface area contributed by atoms with Crippen LogP contribution in [-0.4, -0.2) is 20.9 Å². The number of aromatic nitrogens is 3. The lowest BCUT2D eigenvalue weighted by Crippen LogP contribution is -2.16. The third kappa shape index (κ3) is 4.38. The van der Waals surface area contributed by atoms with E-state index in [4.69, 9.17) is 0 Å². The van der Waals surface area contributed by atoms with Crippen molar-refractivity contribution in [3.63, 3.8) is 0 Å². The third-order valence-corrected chi connectivity index (χ3v) is 3.65. The number of aryl methyl sites for hydroxylation is 2. The molecule has 2 N–H and O–H groups in total. The van der Waals surface area contributed by atoms with E-state index in [0.717, 1.165) is 22.5 Å². The Kier molecular flexibility index (Phi) is 4.99. The Bertz CT molecular complexity index is 880. The molecule has 2 heterocycles. The van der Waals surface area contributed by atoms with E-state index in [1.165, 1.54) is 0 Å². The lowest BCUT2D eigenvalue weighted by Gasteiger charge is -2.10. The second-order valence-corrected chi connectivity index (χ2v) is 5.70. The molecule has 0 spiro atoms. The van der Waals surface area contributed by atoms with Crippen molar-refractivity contribution in [1.82, 2.24) is 15.0 Å². The minimum Gasteiger partial charge on any atom is -0.350 e. The van der Waals surface area contributed by atoms with E-state index in [1.807, 2.05) is 50.2 Å². The van der Waals surface area contributed by atoms with Crippen LogP contribution in [0.4, 0.5) is 11.6 Å². The summed E-state index contributed by atoms with van der Waals surface area (Å²) in [5, 5.41) is 6.02. The fourth-order valence-corrected chi connectivity index (χ4v) is 2.35. The van der Waals surface area contributed by atoms with Crippen LogP contribution in [0.3, 0.4) is 0 Å². The maximum absolute atomic E-state index is 12.5. The minimum atomic E-state index is -0.260. The number of nitrogens with one attached hydrogen (secondary N) is 2. The second-order valence-electron chi connectivity index (χ2n) is 5.70. The maximum Gasteiger partial charge on any atom is 0.274 e. The van der Waals surface area contributed by atoms with Crippen LogP contribution in [0.2, 0.25) is 0 Å². The smallest absolute Gasteiger partial charge is 0.274 e. The summed E-state index contributed by atoms with van der Waals surface area (Å²) < 4.78 is 0. The van der Waals surface area contributed by atoms with Gasteiger partial charge < -0.3 is 10.6 Å². The Morgan fingerprint density at radius 3 is 2.68 bits per heavy atom. The SMILES string of the molecule is Cc1cc(C(=O)Nc2ccccc2C)nc(NCc2cccnc2)n1. The van der Waals surface area contributed by atoms with E-state index in [-0.39, 0.29) is 5.91 Å². The Hall–Kier alpha value is -3.28. The monoisotopic (exact) mass is 333 g/mol. The second kappa shape index (κ2) is 7.53. The molecule has 0 aliphatic heterocycles. The lowest BCUT2D eigenvalue weighted by atomic mass is 10.2. The first-order valence-electron chi connectivity index (χ1n) is 7.97. The molecular formula is C19H19N5O. The molecule has 0 bridgehead atoms. The van der Waals surface area contributed by atoms with Gasteiger partial charge in [0.15, 0.2) is 0 Å². The highest BCUT2D eigenvalue weighted by atomic mass is 16.1. The summed E-state index contributed by atoms with van der Waals surface area (Å²) in [6.45, 7) is 4.32. The standard InChI is InChI=1S/C19H19N5O/c1-13-6-3-4-8-16(13)23-18(25)17-10-14(2)22-19(24-17)21-12-15-7-5-9-20-11-15/h3-11H,12H2,1-2H3,(H,23,25)(H,21,22,24). The number of carbonyl (C=O) groups is 1. The molecule has 1 amide bonds. The first-order valence-corrected chi connectivity index (χ1v) is 7.97. The predicted molar refractivity (Wildman–Crippen MR) is 97.5 cm³/mol. The molecule has 0 aliphatic rings. The fourth-order valence-electron chi connectivity index (χ4n) is 2.35. The van der Waals surface area contributed by atoms with Crippen LogP contribution in [0.25, 0.3) is 0 Å². The highest BCUT2D eigenvalue weighted by molar-refractivity contribution is 6.03. The number of carbonyl (C=O) groups excluding carboxylic acids is 1. The molecule has 126 valence electrons. The van der Waals surface area contributed by atoms with Gasteiger partial charge in [-0.2, -0.15) is 0 Å². The van der Waals surface area contributed by atoms with Crippen LogP contribution in [0.15, 0.2) is 54.9 Å². The van der Waals surface area contributed by atoms with Gasteiger partial charge in [-0.3, -0.25) is 9.78 Å². The molecule has 0 aliphatic carbocycles. The molecule has 0 unspecified atom stereocenters. The molecule has 25 heavy (non-hydrogen) atoms. The van der Waals surface area contributed by atoms with Crippen molar-refractivity contribution in [3.8, 4) is 0 Å². The van der Waals surface area contributed by atoms with E-state index in [2.05, 4.69) is 25.6 Å². The van der Waals surface area contributed by atoms with Crippen LogP contribution in [0, 0.1) is 13.8 Å². The van der Waals surface area contributed by atoms with E-state index in [9.17, 15) is 4.79 Å². The largest absolute Gasteiger partial charge is 0.350 e. The van der Waals surface area contributed by atoms with Gasteiger partial charge in [0.2, 0.25) is 5.95 Å². The molecule has 6 heteroatoms. The summed E-state index contributed by atoms with van der Waals surface area (Å²) in [6.07, 6.45) is 3.50. The van der Waals surface area contributed by atoms with Gasteiger partial charge in [0.05, 0.1) is 0 Å². The zero-order chi connectivity index (χ0) is 17.6. The fraction of sp³-hybridized carbons (Fsp3) is 0.158. The van der Waals surface area contributed by atoms with Crippen LogP contribution >= 0.6 is 0 Å². The van der Waals surface area contributed by atoms with Crippen LogP contribution in [0.5, 0.6) is 0 Å². The number of amides is 1. The zero-order valence-electron chi connectivity index (χ0n) is 14.2. The van der Waals surface area contributed by atoms with Crippen molar-refractivity contribution in [2.24, 2.45) is 0 Å². The summed E-state index contributed by atoms with van der Waals surface area (Å²) in [7, 11) is 0. The van der Waals surface area contributed by atoms with E-state index in [1.54, 1.807) is 18.5 Å². The molecule has 0 saturated heterocycles. The van der Waals surface area contributed by atoms with Crippen LogP contribution in [0.1, 0.15) is 27.3 Å². The van der Waals surface area contributed by atoms with Gasteiger partial charge in [0.25, 0.3) is 5.91 Å². The van der Waals surface area contributed by atoms with Crippen molar-refractivity contribution in [1.29, 1.82) is 0 Å². The highest BCUT2D eigenvalue weighted by Crippen LogP contribution is 2.15. The Morgan fingerprint density at radius 1 is 1.08 bits per heavy atom. The lowest BCUT2D eigenvalue weighted by molar-refractivity contribution is 0.102. The van der Waals surface area contributed by atoms with Gasteiger partial charge in [0, 0.05) is 30.3 Å². The van der Waals surface area contributed by atoms with Crippen molar-refractivity contribution in [2.45, 2.75) is 20.4 Å². The van der Waals surface area contributed by atoms with Crippen molar-refractivity contribution >= 4 is 17.5 Å². The van der Waals surface area contributed by atoms with Gasteiger partial charge in [-0.05, 0) is 43.2 Å². The van der Waals surface area contributed by atoms with Gasteiger partial charge in [-0.25, -0.2) is 9.97 Å². The molecule has 0 atom stereocenters. The quantitative estimate of drug-likeness (QED) is 0.748. The molecule has 1 aromatic carbocycles. The topological polar surface area (TPSA) is 79.8 Å². The number of anilines is 2. The highest BCUT2D eigenvalue weighted by Gasteiger charge is 2.12. The molecule has 6 nitrogen and oxygen atoms in total. The average Bonchev–Trinajstić information content (AvgIpc) is 2.62. The Balaban J connectivity index is 1.74. The number of nitrogens with zero attached hydrogens (tertiary/aromatic N) is 3. The summed E-state index contributed by atoms with van der Waals surface area (Å²) in [5.74, 6) is 0.156. The van der Waals surface area contributed by atoms with Crippen molar-refractivity contribution in [2.75, 3.05) is 10.6 Å². The van der Waals surface area contributed by atoms with Crippen molar-refractivity contribution in [3.05, 3.63) is 77.4 Å². The summed E-state index contributed by atoms with van der Waals surface area (Å²) in [6, 6.07) is 13.1. The average molecular weight is 333 g/mol. The molecule has 0 radical (unpaired) electrons. The predicted octanol–water partition coefficient (Wildman–Crippen LogP) is 3.35. The normalized spacial score (nSPS) is 10.3. The summed E-state index contributed by atoms with van der Waals surface area (Å²) in [5.41, 5.74) is 3.83. The van der Waals surface area contributed by atoms with Crippen LogP contribution < -0.4 is 10.6 Å². The van der Waals surface area contributed by atoms with Gasteiger partial charge in [-0.1, -0.05) is 24.3 Å². The number of para-hydroxylation sites is 1. The number of hydrogen-bond acceptors (Lipinski definition) is 5. The third-order valence-electron chi connectivity index (χ3n) is 3.65. The van der Waals surface area contributed by atoms with E-state index < -0.39 is 0 Å². The molecule has 0 fully saturated rings. The molecular weight excluding hydrogens is 314 g/mol. The Morgan fingerprint density at radius 2 is 1.92 bits per heavy atom. The van der Waals surface area contributed by atoms with Gasteiger partial charge in [0.1, 0.15) is 5.69 Å². The molecule has 3 aromatic rings. The van der Waals surface area contributed by atoms with Crippen molar-refractivity contribution < 1.29 is 4.79 Å². The summed E-state index contributed by atoms with van der Waals surface area (Å²) in [4.78, 5) is 25.2. The van der Waals surface area contributed by atoms with E-state index >= 15 is 0 Å². The van der Waals surface area contributed by atoms with Gasteiger partial charge >= 0.3 is 0 Å². The number of hydrogen-bond donors (Lipinski definition) is 2. The molecule has 2 aromatic heterocycles. The van der Waals surface area contributed by atoms with E-state index in [0.29, 0.717) is 18.2 Å². The summed E-state index contributed by atoms with van der Waals surface area (Å²) >= 11 is 0. The number of pyridine rings is 1. The zero-order valence-corrected chi connectivity index (χ0v) is 14.2. The molecule has 0 saturated carbocycles.